The van der Waals surface area contributed by atoms with Crippen molar-refractivity contribution in [2.24, 2.45) is 0 Å². The van der Waals surface area contributed by atoms with Gasteiger partial charge in [-0.05, 0) is 24.3 Å². The molecule has 4 N–H and O–H groups in total. The third-order valence-electron chi connectivity index (χ3n) is 2.38. The highest BCUT2D eigenvalue weighted by atomic mass is 35.5. The van der Waals surface area contributed by atoms with Crippen molar-refractivity contribution in [1.29, 1.82) is 0 Å². The maximum atomic E-state index is 13.9. The molecule has 94 valence electrons. The van der Waals surface area contributed by atoms with Crippen molar-refractivity contribution < 1.29 is 4.39 Å². The van der Waals surface area contributed by atoms with Crippen LogP contribution in [0.4, 0.5) is 15.8 Å². The maximum absolute atomic E-state index is 13.9. The number of hydrogen-bond donors (Lipinski definition) is 2. The van der Waals surface area contributed by atoms with Gasteiger partial charge in [-0.2, -0.15) is 0 Å². The number of halogens is 4. The zero-order chi connectivity index (χ0) is 13.4. The van der Waals surface area contributed by atoms with Crippen LogP contribution in [0.3, 0.4) is 0 Å². The van der Waals surface area contributed by atoms with Crippen LogP contribution >= 0.6 is 34.8 Å². The van der Waals surface area contributed by atoms with Gasteiger partial charge in [-0.25, -0.2) is 4.39 Å². The van der Waals surface area contributed by atoms with Crippen molar-refractivity contribution in [3.8, 4) is 11.1 Å². The molecule has 0 saturated carbocycles. The van der Waals surface area contributed by atoms with Crippen molar-refractivity contribution in [3.63, 3.8) is 0 Å². The van der Waals surface area contributed by atoms with Crippen molar-refractivity contribution in [3.05, 3.63) is 45.2 Å². The second-order valence-corrected chi connectivity index (χ2v) is 4.94. The summed E-state index contributed by atoms with van der Waals surface area (Å²) < 4.78 is 13.9. The number of nitrogen functional groups attached to an aromatic ring is 2. The molecule has 2 aromatic rings. The Morgan fingerprint density at radius 3 is 1.56 bits per heavy atom. The molecule has 0 bridgehead atoms. The molecule has 18 heavy (non-hydrogen) atoms. The van der Waals surface area contributed by atoms with Gasteiger partial charge >= 0.3 is 0 Å². The van der Waals surface area contributed by atoms with E-state index in [0.717, 1.165) is 6.07 Å². The van der Waals surface area contributed by atoms with E-state index in [0.29, 0.717) is 11.3 Å². The average molecular weight is 306 g/mol. The van der Waals surface area contributed by atoms with Crippen LogP contribution < -0.4 is 11.5 Å². The molecule has 0 spiro atoms. The van der Waals surface area contributed by atoms with E-state index >= 15 is 0 Å². The molecule has 2 aromatic carbocycles. The second-order valence-electron chi connectivity index (χ2n) is 3.72. The summed E-state index contributed by atoms with van der Waals surface area (Å²) in [5.41, 5.74) is 12.1. The molecule has 0 aliphatic rings. The van der Waals surface area contributed by atoms with Gasteiger partial charge in [0, 0.05) is 22.5 Å². The van der Waals surface area contributed by atoms with E-state index in [9.17, 15) is 4.39 Å². The van der Waals surface area contributed by atoms with E-state index in [4.69, 9.17) is 46.3 Å². The standard InChI is InChI=1S/C12H8Cl3FN2/c13-7-1-5(17)2-8(14)11(7)12-9(15)3-6(18)4-10(12)16/h1-4H,17-18H2. The van der Waals surface area contributed by atoms with Gasteiger partial charge < -0.3 is 11.5 Å². The van der Waals surface area contributed by atoms with Gasteiger partial charge in [0.15, 0.2) is 0 Å². The van der Waals surface area contributed by atoms with E-state index in [1.165, 1.54) is 18.2 Å². The van der Waals surface area contributed by atoms with E-state index in [-0.39, 0.29) is 26.3 Å². The van der Waals surface area contributed by atoms with E-state index in [1.807, 2.05) is 0 Å². The largest absolute Gasteiger partial charge is 0.399 e. The lowest BCUT2D eigenvalue weighted by atomic mass is 10.0. The van der Waals surface area contributed by atoms with Crippen LogP contribution in [0, 0.1) is 5.82 Å². The highest BCUT2D eigenvalue weighted by Crippen LogP contribution is 2.41. The van der Waals surface area contributed by atoms with Crippen LogP contribution in [0.1, 0.15) is 0 Å². The van der Waals surface area contributed by atoms with Crippen molar-refractivity contribution in [2.75, 3.05) is 11.5 Å². The highest BCUT2D eigenvalue weighted by molar-refractivity contribution is 6.41. The Balaban J connectivity index is 2.78. The number of rotatable bonds is 1. The first kappa shape index (κ1) is 13.3. The van der Waals surface area contributed by atoms with Gasteiger partial charge in [-0.1, -0.05) is 34.8 Å². The molecule has 0 aliphatic heterocycles. The van der Waals surface area contributed by atoms with Crippen LogP contribution in [-0.4, -0.2) is 0 Å². The zero-order valence-electron chi connectivity index (χ0n) is 8.98. The van der Waals surface area contributed by atoms with Gasteiger partial charge in [0.05, 0.1) is 15.1 Å². The number of nitrogens with two attached hydrogens (primary N) is 2. The second kappa shape index (κ2) is 4.84. The quantitative estimate of drug-likeness (QED) is 0.755. The lowest BCUT2D eigenvalue weighted by Crippen LogP contribution is -1.94. The molecule has 2 nitrogen and oxygen atoms in total. The van der Waals surface area contributed by atoms with E-state index in [1.54, 1.807) is 0 Å². The molecule has 0 fully saturated rings. The Morgan fingerprint density at radius 1 is 0.722 bits per heavy atom. The summed E-state index contributed by atoms with van der Waals surface area (Å²) in [6, 6.07) is 5.55. The van der Waals surface area contributed by atoms with Gasteiger partial charge in [0.2, 0.25) is 0 Å². The molecular formula is C12H8Cl3FN2. The van der Waals surface area contributed by atoms with Crippen molar-refractivity contribution in [1.82, 2.24) is 0 Å². The summed E-state index contributed by atoms with van der Waals surface area (Å²) in [5.74, 6) is -0.589. The van der Waals surface area contributed by atoms with E-state index in [2.05, 4.69) is 0 Å². The predicted octanol–water partition coefficient (Wildman–Crippen LogP) is 4.62. The fraction of sp³-hybridized carbons (Fsp3) is 0. The molecule has 0 aromatic heterocycles. The van der Waals surface area contributed by atoms with Gasteiger partial charge in [0.25, 0.3) is 0 Å². The molecule has 0 atom stereocenters. The molecule has 0 heterocycles. The molecule has 6 heteroatoms. The number of benzene rings is 2. The van der Waals surface area contributed by atoms with Crippen LogP contribution in [-0.2, 0) is 0 Å². The molecular weight excluding hydrogens is 298 g/mol. The third-order valence-corrected chi connectivity index (χ3v) is 3.27. The summed E-state index contributed by atoms with van der Waals surface area (Å²) in [5, 5.41) is 0.595. The summed E-state index contributed by atoms with van der Waals surface area (Å²) in [4.78, 5) is 0. The number of anilines is 2. The summed E-state index contributed by atoms with van der Waals surface area (Å²) in [6.07, 6.45) is 0. The highest BCUT2D eigenvalue weighted by Gasteiger charge is 2.17. The minimum absolute atomic E-state index is 0.112. The third kappa shape index (κ3) is 2.34. The first-order valence-corrected chi connectivity index (χ1v) is 6.03. The van der Waals surface area contributed by atoms with E-state index < -0.39 is 5.82 Å². The molecule has 0 amide bonds. The fourth-order valence-electron chi connectivity index (χ4n) is 1.66. The molecule has 0 saturated heterocycles. The van der Waals surface area contributed by atoms with Gasteiger partial charge in [0.1, 0.15) is 5.82 Å². The zero-order valence-corrected chi connectivity index (χ0v) is 11.2. The van der Waals surface area contributed by atoms with Gasteiger partial charge in [-0.3, -0.25) is 0 Å². The minimum atomic E-state index is -0.589. The normalized spacial score (nSPS) is 10.7. The Labute approximate surface area is 118 Å². The topological polar surface area (TPSA) is 52.0 Å². The van der Waals surface area contributed by atoms with Crippen molar-refractivity contribution in [2.45, 2.75) is 0 Å². The first-order chi connectivity index (χ1) is 8.40. The lowest BCUT2D eigenvalue weighted by Gasteiger charge is -2.12. The van der Waals surface area contributed by atoms with Crippen LogP contribution in [0.15, 0.2) is 24.3 Å². The maximum Gasteiger partial charge on any atom is 0.134 e. The van der Waals surface area contributed by atoms with Crippen LogP contribution in [0.25, 0.3) is 11.1 Å². The monoisotopic (exact) mass is 304 g/mol. The van der Waals surface area contributed by atoms with Crippen molar-refractivity contribution >= 4 is 46.2 Å². The van der Waals surface area contributed by atoms with Crippen LogP contribution in [0.5, 0.6) is 0 Å². The molecule has 0 aliphatic carbocycles. The Hall–Kier alpha value is -1.16. The number of hydrogen-bond acceptors (Lipinski definition) is 2. The molecule has 0 radical (unpaired) electrons. The smallest absolute Gasteiger partial charge is 0.134 e. The fourth-order valence-corrected chi connectivity index (χ4v) is 2.67. The Morgan fingerprint density at radius 2 is 1.11 bits per heavy atom. The van der Waals surface area contributed by atoms with Crippen LogP contribution in [0.2, 0.25) is 15.1 Å². The predicted molar refractivity (Wildman–Crippen MR) is 75.7 cm³/mol. The summed E-state index contributed by atoms with van der Waals surface area (Å²) in [6.45, 7) is 0. The SMILES string of the molecule is Nc1cc(F)c(-c2c(Cl)cc(N)cc2Cl)c(Cl)c1. The summed E-state index contributed by atoms with van der Waals surface area (Å²) >= 11 is 18.0. The average Bonchev–Trinajstić information content (AvgIpc) is 2.20. The first-order valence-electron chi connectivity index (χ1n) is 4.89. The van der Waals surface area contributed by atoms with Gasteiger partial charge in [-0.15, -0.1) is 0 Å². The Kier molecular flexibility index (Phi) is 3.57. The lowest BCUT2D eigenvalue weighted by molar-refractivity contribution is 0.632. The minimum Gasteiger partial charge on any atom is -0.399 e. The summed E-state index contributed by atoms with van der Waals surface area (Å²) in [7, 11) is 0. The molecule has 2 rings (SSSR count). The Bertz CT molecular complexity index is 527. The molecule has 0 unspecified atom stereocenters.